The van der Waals surface area contributed by atoms with E-state index in [-0.39, 0.29) is 11.1 Å². The highest BCUT2D eigenvalue weighted by molar-refractivity contribution is 7.89. The molecule has 0 aliphatic carbocycles. The van der Waals surface area contributed by atoms with Crippen molar-refractivity contribution in [1.82, 2.24) is 9.62 Å². The molecule has 1 fully saturated rings. The van der Waals surface area contributed by atoms with Crippen molar-refractivity contribution in [3.8, 4) is 0 Å². The standard InChI is InChI=1S/C15H20ClF3N2O3S/c1-24-8-7-21-6-2-3-12(10-21)20-25(22,23)14-9-11(15(17,18)19)4-5-13(14)16/h4-5,9,12,20H,2-3,6-8,10H2,1H3. The Balaban J connectivity index is 2.16. The zero-order valence-corrected chi connectivity index (χ0v) is 15.2. The Labute approximate surface area is 150 Å². The van der Waals surface area contributed by atoms with E-state index < -0.39 is 26.7 Å². The minimum Gasteiger partial charge on any atom is -0.383 e. The van der Waals surface area contributed by atoms with Gasteiger partial charge in [-0.3, -0.25) is 4.90 Å². The van der Waals surface area contributed by atoms with Gasteiger partial charge in [0.1, 0.15) is 4.90 Å². The van der Waals surface area contributed by atoms with Gasteiger partial charge in [-0.2, -0.15) is 13.2 Å². The SMILES string of the molecule is COCCN1CCCC(NS(=O)(=O)c2cc(C(F)(F)F)ccc2Cl)C1. The van der Waals surface area contributed by atoms with Crippen molar-refractivity contribution >= 4 is 21.6 Å². The summed E-state index contributed by atoms with van der Waals surface area (Å²) in [5.74, 6) is 0. The van der Waals surface area contributed by atoms with E-state index in [1.54, 1.807) is 7.11 Å². The van der Waals surface area contributed by atoms with Gasteiger partial charge < -0.3 is 4.74 Å². The number of likely N-dealkylation sites (tertiary alicyclic amines) is 1. The highest BCUT2D eigenvalue weighted by Gasteiger charge is 2.33. The first kappa shape index (κ1) is 20.4. The normalized spacial score (nSPS) is 20.0. The van der Waals surface area contributed by atoms with Crippen LogP contribution in [0.1, 0.15) is 18.4 Å². The van der Waals surface area contributed by atoms with E-state index in [0.29, 0.717) is 32.2 Å². The van der Waals surface area contributed by atoms with E-state index in [1.807, 2.05) is 4.90 Å². The molecule has 10 heteroatoms. The number of methoxy groups -OCH3 is 1. The zero-order chi connectivity index (χ0) is 18.7. The number of hydrogen-bond acceptors (Lipinski definition) is 4. The number of rotatable bonds is 6. The van der Waals surface area contributed by atoms with Crippen molar-refractivity contribution < 1.29 is 26.3 Å². The summed E-state index contributed by atoms with van der Waals surface area (Å²) in [5.41, 5.74) is -1.05. The van der Waals surface area contributed by atoms with E-state index >= 15 is 0 Å². The molecule has 1 aliphatic heterocycles. The van der Waals surface area contributed by atoms with Crippen LogP contribution in [0.4, 0.5) is 13.2 Å². The molecule has 0 radical (unpaired) electrons. The lowest BCUT2D eigenvalue weighted by Gasteiger charge is -2.32. The summed E-state index contributed by atoms with van der Waals surface area (Å²) in [7, 11) is -2.57. The summed E-state index contributed by atoms with van der Waals surface area (Å²) in [6.07, 6.45) is -3.25. The van der Waals surface area contributed by atoms with Crippen molar-refractivity contribution in [3.05, 3.63) is 28.8 Å². The molecule has 0 amide bonds. The highest BCUT2D eigenvalue weighted by atomic mass is 35.5. The minimum absolute atomic E-state index is 0.243. The van der Waals surface area contributed by atoms with Gasteiger partial charge in [0.15, 0.2) is 0 Å². The topological polar surface area (TPSA) is 58.6 Å². The van der Waals surface area contributed by atoms with Crippen molar-refractivity contribution in [2.75, 3.05) is 33.4 Å². The Morgan fingerprint density at radius 1 is 1.40 bits per heavy atom. The van der Waals surface area contributed by atoms with Gasteiger partial charge in [-0.1, -0.05) is 11.6 Å². The lowest BCUT2D eigenvalue weighted by Crippen LogP contribution is -2.48. The number of halogens is 4. The minimum atomic E-state index is -4.64. The molecule has 1 aromatic rings. The van der Waals surface area contributed by atoms with E-state index in [9.17, 15) is 21.6 Å². The molecule has 0 aromatic heterocycles. The van der Waals surface area contributed by atoms with Crippen LogP contribution in [0.5, 0.6) is 0 Å². The van der Waals surface area contributed by atoms with Crippen molar-refractivity contribution in [3.63, 3.8) is 0 Å². The summed E-state index contributed by atoms with van der Waals surface area (Å²) in [5, 5.41) is -0.243. The Hall–Kier alpha value is -0.870. The van der Waals surface area contributed by atoms with Crippen LogP contribution in [-0.4, -0.2) is 52.7 Å². The molecule has 1 aliphatic rings. The molecule has 1 unspecified atom stereocenters. The fraction of sp³-hybridized carbons (Fsp3) is 0.600. The van der Waals surface area contributed by atoms with E-state index in [0.717, 1.165) is 25.1 Å². The predicted molar refractivity (Wildman–Crippen MR) is 88.1 cm³/mol. The zero-order valence-electron chi connectivity index (χ0n) is 13.6. The van der Waals surface area contributed by atoms with Gasteiger partial charge in [0.05, 0.1) is 17.2 Å². The molecule has 2 rings (SSSR count). The number of benzene rings is 1. The van der Waals surface area contributed by atoms with Crippen LogP contribution in [-0.2, 0) is 20.9 Å². The maximum atomic E-state index is 12.8. The lowest BCUT2D eigenvalue weighted by molar-refractivity contribution is -0.137. The van der Waals surface area contributed by atoms with Crippen molar-refractivity contribution in [2.45, 2.75) is 30.0 Å². The lowest BCUT2D eigenvalue weighted by atomic mass is 10.1. The smallest absolute Gasteiger partial charge is 0.383 e. The Bertz CT molecular complexity index is 698. The molecule has 0 bridgehead atoms. The molecule has 1 aromatic carbocycles. The summed E-state index contributed by atoms with van der Waals surface area (Å²) in [6, 6.07) is 1.89. The third-order valence-corrected chi connectivity index (χ3v) is 5.99. The molecule has 5 nitrogen and oxygen atoms in total. The van der Waals surface area contributed by atoms with Crippen LogP contribution >= 0.6 is 11.6 Å². The van der Waals surface area contributed by atoms with Crippen molar-refractivity contribution in [1.29, 1.82) is 0 Å². The van der Waals surface area contributed by atoms with E-state index in [4.69, 9.17) is 16.3 Å². The number of ether oxygens (including phenoxy) is 1. The fourth-order valence-corrected chi connectivity index (χ4v) is 4.53. The Morgan fingerprint density at radius 2 is 2.12 bits per heavy atom. The van der Waals surface area contributed by atoms with Gasteiger partial charge in [-0.05, 0) is 37.6 Å². The molecule has 142 valence electrons. The van der Waals surface area contributed by atoms with E-state index in [2.05, 4.69) is 4.72 Å². The third kappa shape index (κ3) is 5.55. The largest absolute Gasteiger partial charge is 0.416 e. The van der Waals surface area contributed by atoms with Crippen LogP contribution in [0.2, 0.25) is 5.02 Å². The first-order valence-corrected chi connectivity index (χ1v) is 9.60. The summed E-state index contributed by atoms with van der Waals surface area (Å²) in [6.45, 7) is 2.49. The molecule has 1 saturated heterocycles. The second-order valence-electron chi connectivity index (χ2n) is 5.90. The summed E-state index contributed by atoms with van der Waals surface area (Å²) >= 11 is 5.83. The van der Waals surface area contributed by atoms with Gasteiger partial charge in [-0.25, -0.2) is 13.1 Å². The molecule has 1 N–H and O–H groups in total. The van der Waals surface area contributed by atoms with Crippen molar-refractivity contribution in [2.24, 2.45) is 0 Å². The van der Waals surface area contributed by atoms with Gasteiger partial charge in [-0.15, -0.1) is 0 Å². The predicted octanol–water partition coefficient (Wildman–Crippen LogP) is 2.75. The van der Waals surface area contributed by atoms with Gasteiger partial charge in [0.2, 0.25) is 10.0 Å². The van der Waals surface area contributed by atoms with Crippen LogP contribution in [0.3, 0.4) is 0 Å². The number of nitrogens with zero attached hydrogens (tertiary/aromatic N) is 1. The molecule has 0 spiro atoms. The van der Waals surface area contributed by atoms with Crippen LogP contribution in [0.15, 0.2) is 23.1 Å². The van der Waals surface area contributed by atoms with Crippen LogP contribution in [0.25, 0.3) is 0 Å². The Kier molecular flexibility index (Phi) is 6.72. The highest BCUT2D eigenvalue weighted by Crippen LogP contribution is 2.33. The molecule has 25 heavy (non-hydrogen) atoms. The van der Waals surface area contributed by atoms with Gasteiger partial charge in [0, 0.05) is 26.2 Å². The second-order valence-corrected chi connectivity index (χ2v) is 7.99. The number of sulfonamides is 1. The molecular weight excluding hydrogens is 381 g/mol. The second kappa shape index (κ2) is 8.22. The molecule has 1 atom stereocenters. The average Bonchev–Trinajstić information content (AvgIpc) is 2.52. The molecular formula is C15H20ClF3N2O3S. The Morgan fingerprint density at radius 3 is 2.76 bits per heavy atom. The first-order valence-electron chi connectivity index (χ1n) is 7.74. The van der Waals surface area contributed by atoms with Gasteiger partial charge in [0.25, 0.3) is 0 Å². The van der Waals surface area contributed by atoms with Crippen LogP contribution in [0, 0.1) is 0 Å². The quantitative estimate of drug-likeness (QED) is 0.797. The molecule has 1 heterocycles. The maximum absolute atomic E-state index is 12.8. The number of alkyl halides is 3. The monoisotopic (exact) mass is 400 g/mol. The maximum Gasteiger partial charge on any atom is 0.416 e. The fourth-order valence-electron chi connectivity index (χ4n) is 2.74. The summed E-state index contributed by atoms with van der Waals surface area (Å²) in [4.78, 5) is 1.49. The third-order valence-electron chi connectivity index (χ3n) is 3.99. The number of nitrogens with one attached hydrogen (secondary N) is 1. The van der Waals surface area contributed by atoms with Crippen LogP contribution < -0.4 is 4.72 Å². The molecule has 0 saturated carbocycles. The first-order chi connectivity index (χ1) is 11.6. The average molecular weight is 401 g/mol. The number of hydrogen-bond donors (Lipinski definition) is 1. The van der Waals surface area contributed by atoms with E-state index in [1.165, 1.54) is 0 Å². The summed E-state index contributed by atoms with van der Waals surface area (Å²) < 4.78 is 71.0. The number of piperidine rings is 1. The van der Waals surface area contributed by atoms with Gasteiger partial charge >= 0.3 is 6.18 Å².